The minimum Gasteiger partial charge on any atom is -0.274 e. The van der Waals surface area contributed by atoms with Crippen molar-refractivity contribution in [3.05, 3.63) is 24.0 Å². The Kier molecular flexibility index (Phi) is 9.55. The molecule has 0 saturated heterocycles. The highest BCUT2D eigenvalue weighted by Crippen LogP contribution is 1.89. The summed E-state index contributed by atoms with van der Waals surface area (Å²) < 4.78 is 45.5. The minimum absolute atomic E-state index is 0.215. The van der Waals surface area contributed by atoms with Gasteiger partial charge in [-0.25, -0.2) is 26.3 Å². The molecule has 0 aromatic carbocycles. The van der Waals surface area contributed by atoms with Gasteiger partial charge >= 0.3 is 0 Å². The zero-order chi connectivity index (χ0) is 16.4. The third-order valence-electron chi connectivity index (χ3n) is 1.46. The Morgan fingerprint density at radius 1 is 1.00 bits per heavy atom. The van der Waals surface area contributed by atoms with E-state index in [9.17, 15) is 26.4 Å². The molecular weight excluding hydrogens is 308 g/mol. The Balaban J connectivity index is 0. The van der Waals surface area contributed by atoms with E-state index >= 15 is 0 Å². The highest BCUT2D eigenvalue weighted by atomic mass is 32.2. The third kappa shape index (κ3) is 12.8. The van der Waals surface area contributed by atoms with Crippen molar-refractivity contribution < 1.29 is 26.4 Å². The van der Waals surface area contributed by atoms with E-state index in [0.717, 1.165) is 6.92 Å². The molecule has 2 amide bonds. The summed E-state index contributed by atoms with van der Waals surface area (Å²) in [6.07, 6.45) is 0.839. The fourth-order valence-corrected chi connectivity index (χ4v) is 1.71. The van der Waals surface area contributed by atoms with Crippen LogP contribution < -0.4 is 9.44 Å². The van der Waals surface area contributed by atoms with Crippen LogP contribution in [0, 0.1) is 0 Å². The lowest BCUT2D eigenvalue weighted by Gasteiger charge is -1.99. The van der Waals surface area contributed by atoms with Crippen LogP contribution in [0.2, 0.25) is 0 Å². The van der Waals surface area contributed by atoms with E-state index in [-0.39, 0.29) is 6.42 Å². The lowest BCUT2D eigenvalue weighted by molar-refractivity contribution is -0.119. The van der Waals surface area contributed by atoms with Crippen LogP contribution >= 0.6 is 0 Å². The lowest BCUT2D eigenvalue weighted by atomic mass is 10.3. The molecular formula is C10H18N2O6S2. The molecule has 0 fully saturated rings. The molecule has 0 rings (SSSR count). The summed E-state index contributed by atoms with van der Waals surface area (Å²) in [5, 5.41) is 1.38. The SMILES string of the molecule is C=CS(=O)(=O)NC(=O)CCC.C=CS(=O)(=O)NC(C)=O. The van der Waals surface area contributed by atoms with Crippen LogP contribution in [-0.2, 0) is 29.6 Å². The largest absolute Gasteiger partial charge is 0.274 e. The van der Waals surface area contributed by atoms with Gasteiger partial charge in [-0.3, -0.25) is 9.59 Å². The van der Waals surface area contributed by atoms with Gasteiger partial charge in [0.15, 0.2) is 0 Å². The van der Waals surface area contributed by atoms with Crippen LogP contribution in [0.5, 0.6) is 0 Å². The second-order valence-corrected chi connectivity index (χ2v) is 6.61. The highest BCUT2D eigenvalue weighted by molar-refractivity contribution is 7.93. The van der Waals surface area contributed by atoms with Gasteiger partial charge < -0.3 is 0 Å². The van der Waals surface area contributed by atoms with Crippen molar-refractivity contribution in [2.75, 3.05) is 0 Å². The molecule has 0 aliphatic heterocycles. The van der Waals surface area contributed by atoms with Gasteiger partial charge in [-0.05, 0) is 6.42 Å². The standard InChI is InChI=1S/C6H11NO3S.C4H7NO3S/c1-3-5-6(8)7-11(9,10)4-2;1-3-9(7,8)5-4(2)6/h4H,2-3,5H2,1H3,(H,7,8);3H,1H2,2H3,(H,5,6). The van der Waals surface area contributed by atoms with E-state index in [1.165, 1.54) is 0 Å². The zero-order valence-electron chi connectivity index (χ0n) is 11.2. The molecule has 0 unspecified atom stereocenters. The average Bonchev–Trinajstić information content (AvgIpc) is 2.28. The van der Waals surface area contributed by atoms with Crippen molar-refractivity contribution in [1.82, 2.24) is 9.44 Å². The average molecular weight is 326 g/mol. The normalized spacial score (nSPS) is 10.5. The summed E-state index contributed by atoms with van der Waals surface area (Å²) in [5.74, 6) is -1.11. The van der Waals surface area contributed by atoms with E-state index in [1.54, 1.807) is 11.6 Å². The van der Waals surface area contributed by atoms with E-state index in [1.807, 2.05) is 4.72 Å². The Labute approximate surface area is 119 Å². The first-order valence-electron chi connectivity index (χ1n) is 5.33. The number of amides is 2. The first-order valence-corrected chi connectivity index (χ1v) is 8.42. The van der Waals surface area contributed by atoms with E-state index in [4.69, 9.17) is 0 Å². The summed E-state index contributed by atoms with van der Waals surface area (Å²) in [7, 11) is -7.13. The van der Waals surface area contributed by atoms with Gasteiger partial charge in [-0.2, -0.15) is 0 Å². The summed E-state index contributed by atoms with van der Waals surface area (Å²) >= 11 is 0. The van der Waals surface area contributed by atoms with Crippen LogP contribution in [0.3, 0.4) is 0 Å². The monoisotopic (exact) mass is 326 g/mol. The fourth-order valence-electron chi connectivity index (χ4n) is 0.720. The summed E-state index contributed by atoms with van der Waals surface area (Å²) in [6.45, 7) is 8.93. The van der Waals surface area contributed by atoms with Gasteiger partial charge in [0.05, 0.1) is 0 Å². The fraction of sp³-hybridized carbons (Fsp3) is 0.400. The van der Waals surface area contributed by atoms with Gasteiger partial charge in [0.25, 0.3) is 20.0 Å². The number of hydrogen-bond donors (Lipinski definition) is 2. The molecule has 0 atom stereocenters. The van der Waals surface area contributed by atoms with Gasteiger partial charge in [0, 0.05) is 24.2 Å². The molecule has 0 saturated carbocycles. The first kappa shape index (κ1) is 20.6. The molecule has 20 heavy (non-hydrogen) atoms. The lowest BCUT2D eigenvalue weighted by Crippen LogP contribution is -2.28. The van der Waals surface area contributed by atoms with Gasteiger partial charge in [0.2, 0.25) is 11.8 Å². The van der Waals surface area contributed by atoms with E-state index < -0.39 is 31.9 Å². The molecule has 0 bridgehead atoms. The van der Waals surface area contributed by atoms with Crippen LogP contribution in [0.25, 0.3) is 0 Å². The molecule has 116 valence electrons. The molecule has 0 radical (unpaired) electrons. The summed E-state index contributed by atoms with van der Waals surface area (Å²) in [6, 6.07) is 0. The summed E-state index contributed by atoms with van der Waals surface area (Å²) in [5.41, 5.74) is 0. The van der Waals surface area contributed by atoms with Crippen LogP contribution in [0.4, 0.5) is 0 Å². The highest BCUT2D eigenvalue weighted by Gasteiger charge is 2.07. The van der Waals surface area contributed by atoms with Gasteiger partial charge in [-0.1, -0.05) is 20.1 Å². The van der Waals surface area contributed by atoms with Gasteiger partial charge in [0.1, 0.15) is 0 Å². The predicted molar refractivity (Wildman–Crippen MR) is 75.1 cm³/mol. The second kappa shape index (κ2) is 9.26. The Hall–Kier alpha value is -1.68. The Bertz CT molecular complexity index is 563. The zero-order valence-corrected chi connectivity index (χ0v) is 12.9. The molecule has 10 heteroatoms. The number of carbonyl (C=O) groups is 2. The van der Waals surface area contributed by atoms with Crippen molar-refractivity contribution in [2.45, 2.75) is 26.7 Å². The van der Waals surface area contributed by atoms with Crippen molar-refractivity contribution in [2.24, 2.45) is 0 Å². The molecule has 0 aromatic rings. The van der Waals surface area contributed by atoms with Crippen molar-refractivity contribution >= 4 is 31.9 Å². The first-order chi connectivity index (χ1) is 8.99. The van der Waals surface area contributed by atoms with Crippen LogP contribution in [-0.4, -0.2) is 28.6 Å². The molecule has 0 spiro atoms. The molecule has 0 aromatic heterocycles. The van der Waals surface area contributed by atoms with Crippen molar-refractivity contribution in [3.63, 3.8) is 0 Å². The number of carbonyl (C=O) groups excluding carboxylic acids is 2. The van der Waals surface area contributed by atoms with E-state index in [0.29, 0.717) is 17.2 Å². The van der Waals surface area contributed by atoms with Crippen molar-refractivity contribution in [3.8, 4) is 0 Å². The molecule has 2 N–H and O–H groups in total. The van der Waals surface area contributed by atoms with Crippen LogP contribution in [0.1, 0.15) is 26.7 Å². The maximum atomic E-state index is 10.7. The quantitative estimate of drug-likeness (QED) is 0.706. The molecule has 0 aliphatic rings. The summed E-state index contributed by atoms with van der Waals surface area (Å²) in [4.78, 5) is 20.8. The predicted octanol–water partition coefficient (Wildman–Crippen LogP) is -0.0282. The van der Waals surface area contributed by atoms with Gasteiger partial charge in [-0.15, -0.1) is 0 Å². The Morgan fingerprint density at radius 2 is 1.40 bits per heavy atom. The number of rotatable bonds is 6. The smallest absolute Gasteiger partial charge is 0.256 e. The Morgan fingerprint density at radius 3 is 1.65 bits per heavy atom. The number of sulfonamides is 2. The maximum absolute atomic E-state index is 10.7. The maximum Gasteiger partial charge on any atom is 0.256 e. The number of hydrogen-bond acceptors (Lipinski definition) is 6. The second-order valence-electron chi connectivity index (χ2n) is 3.36. The third-order valence-corrected chi connectivity index (χ3v) is 3.42. The number of nitrogens with one attached hydrogen (secondary N) is 2. The minimum atomic E-state index is -3.58. The molecule has 0 aliphatic carbocycles. The topological polar surface area (TPSA) is 126 Å². The molecule has 0 heterocycles. The van der Waals surface area contributed by atoms with Crippen LogP contribution in [0.15, 0.2) is 24.0 Å². The van der Waals surface area contributed by atoms with Crippen molar-refractivity contribution in [1.29, 1.82) is 0 Å². The van der Waals surface area contributed by atoms with E-state index in [2.05, 4.69) is 13.2 Å². The molecule has 8 nitrogen and oxygen atoms in total.